The van der Waals surface area contributed by atoms with Crippen molar-refractivity contribution in [1.82, 2.24) is 0 Å². The molecule has 15 heavy (non-hydrogen) atoms. The molecule has 0 aromatic heterocycles. The van der Waals surface area contributed by atoms with Gasteiger partial charge in [-0.3, -0.25) is 4.79 Å². The van der Waals surface area contributed by atoms with Crippen LogP contribution in [0, 0.1) is 0 Å². The molecule has 0 spiro atoms. The van der Waals surface area contributed by atoms with Gasteiger partial charge in [-0.05, 0) is 24.1 Å². The lowest BCUT2D eigenvalue weighted by Gasteiger charge is -2.02. The van der Waals surface area contributed by atoms with Gasteiger partial charge < -0.3 is 10.5 Å². The normalized spacial score (nSPS) is 9.20. The van der Waals surface area contributed by atoms with Gasteiger partial charge in [0.2, 0.25) is 0 Å². The van der Waals surface area contributed by atoms with Crippen LogP contribution in [0.2, 0.25) is 0 Å². The van der Waals surface area contributed by atoms with Crippen LogP contribution in [0.1, 0.15) is 12.0 Å². The van der Waals surface area contributed by atoms with Gasteiger partial charge in [0.15, 0.2) is 0 Å². The fraction of sp³-hybridized carbons (Fsp3) is 0.364. The van der Waals surface area contributed by atoms with E-state index in [1.807, 2.05) is 24.3 Å². The first kappa shape index (κ1) is 13.9. The second-order valence-electron chi connectivity index (χ2n) is 3.09. The molecule has 1 aromatic carbocycles. The van der Waals surface area contributed by atoms with E-state index in [9.17, 15) is 4.79 Å². The number of rotatable bonds is 5. The van der Waals surface area contributed by atoms with Crippen molar-refractivity contribution < 1.29 is 9.53 Å². The number of nitrogens with two attached hydrogens (primary N) is 1. The summed E-state index contributed by atoms with van der Waals surface area (Å²) in [7, 11) is 1.63. The Hall–Kier alpha value is -1.06. The minimum atomic E-state index is 0. The quantitative estimate of drug-likeness (QED) is 0.834. The van der Waals surface area contributed by atoms with E-state index in [0.29, 0.717) is 6.42 Å². The number of carbonyl (C=O) groups is 1. The van der Waals surface area contributed by atoms with E-state index in [2.05, 4.69) is 0 Å². The highest BCUT2D eigenvalue weighted by atomic mass is 35.5. The number of ether oxygens (including phenoxy) is 1. The number of Topliss-reactive ketones (excluding diaryl/α,β-unsaturated/α-hetero) is 1. The minimum absolute atomic E-state index is 0. The smallest absolute Gasteiger partial charge is 0.146 e. The van der Waals surface area contributed by atoms with Gasteiger partial charge in [0.05, 0.1) is 13.7 Å². The minimum Gasteiger partial charge on any atom is -0.497 e. The van der Waals surface area contributed by atoms with Gasteiger partial charge in [0.1, 0.15) is 11.5 Å². The zero-order chi connectivity index (χ0) is 10.4. The molecule has 0 aliphatic heterocycles. The average molecular weight is 230 g/mol. The van der Waals surface area contributed by atoms with Crippen molar-refractivity contribution in [3.63, 3.8) is 0 Å². The van der Waals surface area contributed by atoms with Crippen LogP contribution in [0.15, 0.2) is 24.3 Å². The summed E-state index contributed by atoms with van der Waals surface area (Å²) in [6, 6.07) is 7.70. The maximum atomic E-state index is 11.0. The van der Waals surface area contributed by atoms with E-state index < -0.39 is 0 Å². The summed E-state index contributed by atoms with van der Waals surface area (Å²) < 4.78 is 5.03. The Balaban J connectivity index is 0.00000196. The summed E-state index contributed by atoms with van der Waals surface area (Å²) in [6.45, 7) is 0.135. The Kier molecular flexibility index (Phi) is 6.75. The molecule has 1 rings (SSSR count). The lowest BCUT2D eigenvalue weighted by atomic mass is 10.1. The number of halogens is 1. The van der Waals surface area contributed by atoms with Crippen LogP contribution in [0.3, 0.4) is 0 Å². The van der Waals surface area contributed by atoms with E-state index in [0.717, 1.165) is 17.7 Å². The monoisotopic (exact) mass is 229 g/mol. The number of benzene rings is 1. The first-order valence-corrected chi connectivity index (χ1v) is 4.61. The standard InChI is InChI=1S/C11H15NO2.ClH/c1-14-11-6-3-9(4-7-11)2-5-10(13)8-12;/h3-4,6-7H,2,5,8,12H2,1H3;1H. The molecule has 0 saturated heterocycles. The molecule has 0 unspecified atom stereocenters. The number of methoxy groups -OCH3 is 1. The van der Waals surface area contributed by atoms with Crippen LogP contribution >= 0.6 is 12.4 Å². The third-order valence-corrected chi connectivity index (χ3v) is 2.08. The fourth-order valence-electron chi connectivity index (χ4n) is 1.18. The van der Waals surface area contributed by atoms with Crippen LogP contribution in [0.25, 0.3) is 0 Å². The topological polar surface area (TPSA) is 52.3 Å². The highest BCUT2D eigenvalue weighted by Gasteiger charge is 1.99. The van der Waals surface area contributed by atoms with Crippen LogP contribution in [-0.4, -0.2) is 19.4 Å². The van der Waals surface area contributed by atoms with Gasteiger partial charge >= 0.3 is 0 Å². The Morgan fingerprint density at radius 3 is 2.40 bits per heavy atom. The van der Waals surface area contributed by atoms with Crippen molar-refractivity contribution in [3.8, 4) is 5.75 Å². The Bertz CT molecular complexity index is 298. The molecule has 0 fully saturated rings. The SMILES string of the molecule is COc1ccc(CCC(=O)CN)cc1.Cl. The average Bonchev–Trinajstić information content (AvgIpc) is 2.26. The van der Waals surface area contributed by atoms with Crippen molar-refractivity contribution in [3.05, 3.63) is 29.8 Å². The van der Waals surface area contributed by atoms with Crippen LogP contribution in [-0.2, 0) is 11.2 Å². The second-order valence-corrected chi connectivity index (χ2v) is 3.09. The first-order valence-electron chi connectivity index (χ1n) is 4.61. The predicted octanol–water partition coefficient (Wildman–Crippen LogP) is 1.58. The Labute approximate surface area is 96.0 Å². The van der Waals surface area contributed by atoms with E-state index in [4.69, 9.17) is 10.5 Å². The van der Waals surface area contributed by atoms with Crippen molar-refractivity contribution in [2.24, 2.45) is 5.73 Å². The summed E-state index contributed by atoms with van der Waals surface area (Å²) in [5, 5.41) is 0. The summed E-state index contributed by atoms with van der Waals surface area (Å²) in [5.41, 5.74) is 6.34. The maximum absolute atomic E-state index is 11.0. The molecule has 0 radical (unpaired) electrons. The van der Waals surface area contributed by atoms with E-state index in [1.165, 1.54) is 0 Å². The molecule has 0 aliphatic carbocycles. The third-order valence-electron chi connectivity index (χ3n) is 2.08. The van der Waals surface area contributed by atoms with Gasteiger partial charge in [-0.2, -0.15) is 0 Å². The lowest BCUT2D eigenvalue weighted by molar-refractivity contribution is -0.117. The zero-order valence-electron chi connectivity index (χ0n) is 8.73. The summed E-state index contributed by atoms with van der Waals surface area (Å²) in [6.07, 6.45) is 1.27. The summed E-state index contributed by atoms with van der Waals surface area (Å²) in [4.78, 5) is 11.0. The highest BCUT2D eigenvalue weighted by molar-refractivity contribution is 5.85. The molecular weight excluding hydrogens is 214 g/mol. The van der Waals surface area contributed by atoms with Gasteiger partial charge in [0, 0.05) is 6.42 Å². The van der Waals surface area contributed by atoms with Crippen molar-refractivity contribution >= 4 is 18.2 Å². The van der Waals surface area contributed by atoms with Gasteiger partial charge in [-0.1, -0.05) is 12.1 Å². The summed E-state index contributed by atoms with van der Waals surface area (Å²) >= 11 is 0. The third kappa shape index (κ3) is 4.81. The number of hydrogen-bond donors (Lipinski definition) is 1. The largest absolute Gasteiger partial charge is 0.497 e. The molecule has 0 aliphatic rings. The number of hydrogen-bond acceptors (Lipinski definition) is 3. The van der Waals surface area contributed by atoms with Crippen molar-refractivity contribution in [2.45, 2.75) is 12.8 Å². The number of aryl methyl sites for hydroxylation is 1. The Morgan fingerprint density at radius 1 is 1.33 bits per heavy atom. The maximum Gasteiger partial charge on any atom is 0.146 e. The highest BCUT2D eigenvalue weighted by Crippen LogP contribution is 2.12. The molecule has 0 bridgehead atoms. The van der Waals surface area contributed by atoms with Gasteiger partial charge in [-0.25, -0.2) is 0 Å². The molecule has 4 heteroatoms. The second kappa shape index (κ2) is 7.26. The molecular formula is C11H16ClNO2. The molecule has 0 amide bonds. The van der Waals surface area contributed by atoms with Crippen molar-refractivity contribution in [2.75, 3.05) is 13.7 Å². The van der Waals surface area contributed by atoms with E-state index >= 15 is 0 Å². The zero-order valence-corrected chi connectivity index (χ0v) is 9.55. The van der Waals surface area contributed by atoms with E-state index in [1.54, 1.807) is 7.11 Å². The van der Waals surface area contributed by atoms with Crippen LogP contribution < -0.4 is 10.5 Å². The van der Waals surface area contributed by atoms with Gasteiger partial charge in [-0.15, -0.1) is 12.4 Å². The molecule has 3 nitrogen and oxygen atoms in total. The first-order chi connectivity index (χ1) is 6.76. The predicted molar refractivity (Wildman–Crippen MR) is 62.6 cm³/mol. The molecule has 0 atom stereocenters. The van der Waals surface area contributed by atoms with Crippen molar-refractivity contribution in [1.29, 1.82) is 0 Å². The molecule has 0 heterocycles. The molecule has 84 valence electrons. The van der Waals surface area contributed by atoms with Crippen LogP contribution in [0.5, 0.6) is 5.75 Å². The van der Waals surface area contributed by atoms with Crippen LogP contribution in [0.4, 0.5) is 0 Å². The number of ketones is 1. The van der Waals surface area contributed by atoms with E-state index in [-0.39, 0.29) is 24.7 Å². The fourth-order valence-corrected chi connectivity index (χ4v) is 1.18. The molecule has 0 saturated carbocycles. The van der Waals surface area contributed by atoms with Gasteiger partial charge in [0.25, 0.3) is 0 Å². The number of carbonyl (C=O) groups excluding carboxylic acids is 1. The molecule has 2 N–H and O–H groups in total. The Morgan fingerprint density at radius 2 is 1.93 bits per heavy atom. The lowest BCUT2D eigenvalue weighted by Crippen LogP contribution is -2.13. The summed E-state index contributed by atoms with van der Waals surface area (Å²) in [5.74, 6) is 0.930. The molecule has 1 aromatic rings.